The molecule has 0 saturated carbocycles. The highest BCUT2D eigenvalue weighted by atomic mass is 127. The van der Waals surface area contributed by atoms with E-state index in [1.165, 1.54) is 0 Å². The van der Waals surface area contributed by atoms with Crippen molar-refractivity contribution in [3.8, 4) is 11.6 Å². The summed E-state index contributed by atoms with van der Waals surface area (Å²) in [6, 6.07) is 13.7. The van der Waals surface area contributed by atoms with Gasteiger partial charge in [-0.25, -0.2) is 4.98 Å². The molecule has 1 aromatic heterocycles. The maximum atomic E-state index is 5.73. The van der Waals surface area contributed by atoms with Gasteiger partial charge in [0, 0.05) is 32.9 Å². The molecule has 0 amide bonds. The van der Waals surface area contributed by atoms with Gasteiger partial charge in [-0.15, -0.1) is 24.0 Å². The molecule has 2 rings (SSSR count). The van der Waals surface area contributed by atoms with Crippen LogP contribution >= 0.6 is 24.0 Å². The SMILES string of the molecule is CN=C(NCc1ccc(OC(C)C)nc1)N(C)CCOc1ccccc1.I. The van der Waals surface area contributed by atoms with E-state index < -0.39 is 0 Å². The standard InChI is InChI=1S/C20H28N4O2.HI/c1-16(2)26-19-11-10-17(14-22-19)15-23-20(21-3)24(4)12-13-25-18-8-6-5-7-9-18;/h5-11,14,16H,12-13,15H2,1-4H3,(H,21,23);1H. The quantitative estimate of drug-likeness (QED) is 0.353. The van der Waals surface area contributed by atoms with E-state index in [2.05, 4.69) is 15.3 Å². The molecule has 6 nitrogen and oxygen atoms in total. The smallest absolute Gasteiger partial charge is 0.213 e. The van der Waals surface area contributed by atoms with Crippen LogP contribution in [0, 0.1) is 0 Å². The van der Waals surface area contributed by atoms with Gasteiger partial charge in [-0.05, 0) is 31.5 Å². The number of rotatable bonds is 8. The van der Waals surface area contributed by atoms with Crippen LogP contribution in [0.2, 0.25) is 0 Å². The van der Waals surface area contributed by atoms with E-state index in [0.29, 0.717) is 19.0 Å². The summed E-state index contributed by atoms with van der Waals surface area (Å²) in [7, 11) is 3.76. The Labute approximate surface area is 179 Å². The van der Waals surface area contributed by atoms with E-state index in [0.717, 1.165) is 23.8 Å². The maximum Gasteiger partial charge on any atom is 0.213 e. The summed E-state index contributed by atoms with van der Waals surface area (Å²) >= 11 is 0. The number of ether oxygens (including phenoxy) is 2. The fourth-order valence-corrected chi connectivity index (χ4v) is 2.32. The monoisotopic (exact) mass is 484 g/mol. The number of likely N-dealkylation sites (N-methyl/N-ethyl adjacent to an activating group) is 1. The summed E-state index contributed by atoms with van der Waals surface area (Å²) in [5.41, 5.74) is 1.07. The Kier molecular flexibility index (Phi) is 10.5. The molecule has 1 N–H and O–H groups in total. The van der Waals surface area contributed by atoms with Gasteiger partial charge in [-0.2, -0.15) is 0 Å². The Morgan fingerprint density at radius 2 is 1.93 bits per heavy atom. The normalized spacial score (nSPS) is 10.9. The number of aromatic nitrogens is 1. The third-order valence-electron chi connectivity index (χ3n) is 3.62. The van der Waals surface area contributed by atoms with Crippen LogP contribution in [-0.4, -0.2) is 49.2 Å². The zero-order valence-electron chi connectivity index (χ0n) is 16.4. The van der Waals surface area contributed by atoms with Gasteiger partial charge < -0.3 is 19.7 Å². The first-order chi connectivity index (χ1) is 12.6. The zero-order valence-corrected chi connectivity index (χ0v) is 18.7. The van der Waals surface area contributed by atoms with E-state index in [-0.39, 0.29) is 30.1 Å². The minimum Gasteiger partial charge on any atom is -0.492 e. The van der Waals surface area contributed by atoms with Crippen molar-refractivity contribution in [1.82, 2.24) is 15.2 Å². The van der Waals surface area contributed by atoms with Gasteiger partial charge in [-0.3, -0.25) is 4.99 Å². The first kappa shape index (κ1) is 23.0. The molecule has 0 spiro atoms. The predicted octanol–water partition coefficient (Wildman–Crippen LogP) is 3.57. The summed E-state index contributed by atoms with van der Waals surface area (Å²) in [6.45, 7) is 5.93. The molecule has 0 atom stereocenters. The van der Waals surface area contributed by atoms with Gasteiger partial charge in [0.15, 0.2) is 5.96 Å². The molecule has 27 heavy (non-hydrogen) atoms. The minimum atomic E-state index is 0. The molecule has 0 radical (unpaired) electrons. The molecule has 1 aromatic carbocycles. The number of aliphatic imine (C=N–C) groups is 1. The number of hydrogen-bond acceptors (Lipinski definition) is 4. The van der Waals surface area contributed by atoms with Gasteiger partial charge in [0.25, 0.3) is 0 Å². The number of nitrogens with one attached hydrogen (secondary N) is 1. The number of para-hydroxylation sites is 1. The zero-order chi connectivity index (χ0) is 18.8. The number of nitrogens with zero attached hydrogens (tertiary/aromatic N) is 3. The van der Waals surface area contributed by atoms with Crippen molar-refractivity contribution in [2.24, 2.45) is 4.99 Å². The number of pyridine rings is 1. The molecule has 7 heteroatoms. The summed E-state index contributed by atoms with van der Waals surface area (Å²) < 4.78 is 11.3. The van der Waals surface area contributed by atoms with Crippen molar-refractivity contribution in [3.63, 3.8) is 0 Å². The molecule has 0 saturated heterocycles. The average molecular weight is 484 g/mol. The van der Waals surface area contributed by atoms with Crippen molar-refractivity contribution in [2.45, 2.75) is 26.5 Å². The molecule has 0 unspecified atom stereocenters. The van der Waals surface area contributed by atoms with Crippen molar-refractivity contribution < 1.29 is 9.47 Å². The summed E-state index contributed by atoms with van der Waals surface area (Å²) in [5.74, 6) is 2.33. The largest absolute Gasteiger partial charge is 0.492 e. The summed E-state index contributed by atoms with van der Waals surface area (Å²) in [4.78, 5) is 10.7. The Morgan fingerprint density at radius 1 is 1.19 bits per heavy atom. The van der Waals surface area contributed by atoms with Crippen LogP contribution in [-0.2, 0) is 6.54 Å². The molecule has 1 heterocycles. The molecule has 148 valence electrons. The van der Waals surface area contributed by atoms with Gasteiger partial charge >= 0.3 is 0 Å². The molecule has 0 aliphatic carbocycles. The van der Waals surface area contributed by atoms with E-state index in [9.17, 15) is 0 Å². The van der Waals surface area contributed by atoms with Gasteiger partial charge in [0.1, 0.15) is 12.4 Å². The van der Waals surface area contributed by atoms with Crippen molar-refractivity contribution in [3.05, 3.63) is 54.2 Å². The fraction of sp³-hybridized carbons (Fsp3) is 0.400. The lowest BCUT2D eigenvalue weighted by atomic mass is 10.3. The summed E-state index contributed by atoms with van der Waals surface area (Å²) in [5, 5.41) is 3.33. The first-order valence-corrected chi connectivity index (χ1v) is 8.79. The van der Waals surface area contributed by atoms with Gasteiger partial charge in [-0.1, -0.05) is 24.3 Å². The van der Waals surface area contributed by atoms with Crippen LogP contribution in [0.15, 0.2) is 53.7 Å². The van der Waals surface area contributed by atoms with Crippen LogP contribution < -0.4 is 14.8 Å². The second kappa shape index (κ2) is 12.4. The Morgan fingerprint density at radius 3 is 2.52 bits per heavy atom. The summed E-state index contributed by atoms with van der Waals surface area (Å²) in [6.07, 6.45) is 1.94. The van der Waals surface area contributed by atoms with E-state index in [4.69, 9.17) is 9.47 Å². The molecule has 0 aliphatic rings. The van der Waals surface area contributed by atoms with Crippen molar-refractivity contribution in [1.29, 1.82) is 0 Å². The lowest BCUT2D eigenvalue weighted by Crippen LogP contribution is -2.40. The molecular weight excluding hydrogens is 455 g/mol. The van der Waals surface area contributed by atoms with Crippen molar-refractivity contribution in [2.75, 3.05) is 27.2 Å². The van der Waals surface area contributed by atoms with Crippen LogP contribution in [0.25, 0.3) is 0 Å². The molecule has 0 aliphatic heterocycles. The number of hydrogen-bond donors (Lipinski definition) is 1. The van der Waals surface area contributed by atoms with Crippen LogP contribution in [0.4, 0.5) is 0 Å². The highest BCUT2D eigenvalue weighted by molar-refractivity contribution is 14.0. The number of benzene rings is 1. The van der Waals surface area contributed by atoms with E-state index >= 15 is 0 Å². The maximum absolute atomic E-state index is 5.73. The predicted molar refractivity (Wildman–Crippen MR) is 120 cm³/mol. The van der Waals surface area contributed by atoms with Crippen LogP contribution in [0.1, 0.15) is 19.4 Å². The first-order valence-electron chi connectivity index (χ1n) is 8.79. The minimum absolute atomic E-state index is 0. The van der Waals surface area contributed by atoms with E-state index in [1.54, 1.807) is 7.05 Å². The Bertz CT molecular complexity index is 678. The Balaban J connectivity index is 0.00000364. The van der Waals surface area contributed by atoms with E-state index in [1.807, 2.05) is 74.5 Å². The molecule has 0 fully saturated rings. The third kappa shape index (κ3) is 8.47. The highest BCUT2D eigenvalue weighted by Gasteiger charge is 2.06. The molecule has 0 bridgehead atoms. The highest BCUT2D eigenvalue weighted by Crippen LogP contribution is 2.10. The second-order valence-electron chi connectivity index (χ2n) is 6.16. The molecule has 2 aromatic rings. The van der Waals surface area contributed by atoms with Crippen LogP contribution in [0.5, 0.6) is 11.6 Å². The van der Waals surface area contributed by atoms with Crippen molar-refractivity contribution >= 4 is 29.9 Å². The fourth-order valence-electron chi connectivity index (χ4n) is 2.32. The number of guanidine groups is 1. The number of halogens is 1. The lowest BCUT2D eigenvalue weighted by Gasteiger charge is -2.22. The third-order valence-corrected chi connectivity index (χ3v) is 3.62. The topological polar surface area (TPSA) is 59.0 Å². The molecular formula is C20H29IN4O2. The lowest BCUT2D eigenvalue weighted by molar-refractivity contribution is 0.232. The van der Waals surface area contributed by atoms with Gasteiger partial charge in [0.05, 0.1) is 12.6 Å². The Hall–Kier alpha value is -2.03. The van der Waals surface area contributed by atoms with Crippen LogP contribution in [0.3, 0.4) is 0 Å². The van der Waals surface area contributed by atoms with Gasteiger partial charge in [0.2, 0.25) is 5.88 Å². The second-order valence-corrected chi connectivity index (χ2v) is 6.16. The average Bonchev–Trinajstić information content (AvgIpc) is 2.64.